The quantitative estimate of drug-likeness (QED) is 0.0709. The SMILES string of the molecule is CCCCCCCCCCCC(=O)OC(=O)C(N)CCC(=O)[O-].NC(CCC(=O)O)C(=O)O.[Na+]. The van der Waals surface area contributed by atoms with Gasteiger partial charge in [0.2, 0.25) is 0 Å². The van der Waals surface area contributed by atoms with E-state index in [0.29, 0.717) is 6.42 Å². The molecule has 2 unspecified atom stereocenters. The fourth-order valence-electron chi connectivity index (χ4n) is 2.61. The Balaban J connectivity index is -0.000000736. The number of carbonyl (C=O) groups excluding carboxylic acids is 3. The van der Waals surface area contributed by atoms with Gasteiger partial charge < -0.3 is 36.3 Å². The minimum Gasteiger partial charge on any atom is -0.550 e. The van der Waals surface area contributed by atoms with Gasteiger partial charge in [-0.1, -0.05) is 58.3 Å². The van der Waals surface area contributed by atoms with Gasteiger partial charge in [-0.3, -0.25) is 14.4 Å². The van der Waals surface area contributed by atoms with Crippen LogP contribution in [-0.4, -0.2) is 52.1 Å². The smallest absolute Gasteiger partial charge is 0.550 e. The fourth-order valence-corrected chi connectivity index (χ4v) is 2.61. The van der Waals surface area contributed by atoms with Crippen LogP contribution in [0, 0.1) is 0 Å². The van der Waals surface area contributed by atoms with Gasteiger partial charge in [0.05, 0.1) is 0 Å². The molecule has 0 aliphatic carbocycles. The van der Waals surface area contributed by atoms with Crippen LogP contribution in [0.3, 0.4) is 0 Å². The maximum absolute atomic E-state index is 11.5. The second-order valence-electron chi connectivity index (χ2n) is 7.77. The van der Waals surface area contributed by atoms with Gasteiger partial charge in [0.25, 0.3) is 0 Å². The van der Waals surface area contributed by atoms with Crippen molar-refractivity contribution in [2.24, 2.45) is 11.5 Å². The number of aliphatic carboxylic acids is 3. The largest absolute Gasteiger partial charge is 1.00 e. The molecule has 0 heterocycles. The van der Waals surface area contributed by atoms with E-state index in [-0.39, 0.29) is 61.7 Å². The number of ether oxygens (including phenoxy) is 1. The number of unbranched alkanes of at least 4 members (excludes halogenated alkanes) is 8. The third-order valence-electron chi connectivity index (χ3n) is 4.65. The molecule has 0 aliphatic heterocycles. The minimum atomic E-state index is -1.28. The molecule has 0 amide bonds. The first kappa shape index (κ1) is 37.0. The van der Waals surface area contributed by atoms with E-state index in [4.69, 9.17) is 21.7 Å². The normalized spacial score (nSPS) is 11.7. The van der Waals surface area contributed by atoms with Crippen molar-refractivity contribution in [3.05, 3.63) is 0 Å². The topological polar surface area (TPSA) is 210 Å². The van der Waals surface area contributed by atoms with Gasteiger partial charge in [0.15, 0.2) is 0 Å². The fraction of sp³-hybridized carbons (Fsp3) is 0.773. The van der Waals surface area contributed by atoms with E-state index < -0.39 is 41.9 Å². The zero-order valence-electron chi connectivity index (χ0n) is 20.5. The summed E-state index contributed by atoms with van der Waals surface area (Å²) < 4.78 is 4.60. The molecule has 2 atom stereocenters. The first-order valence-corrected chi connectivity index (χ1v) is 11.4. The first-order chi connectivity index (χ1) is 15.5. The summed E-state index contributed by atoms with van der Waals surface area (Å²) in [7, 11) is 0. The van der Waals surface area contributed by atoms with E-state index in [1.165, 1.54) is 38.5 Å². The molecule has 0 aromatic rings. The molecular formula is C22H39N2NaO9. The number of hydrogen-bond donors (Lipinski definition) is 4. The molecule has 0 rings (SSSR count). The van der Waals surface area contributed by atoms with E-state index in [9.17, 15) is 29.1 Å². The van der Waals surface area contributed by atoms with Crippen LogP contribution in [-0.2, 0) is 28.7 Å². The van der Waals surface area contributed by atoms with E-state index >= 15 is 0 Å². The van der Waals surface area contributed by atoms with Crippen molar-refractivity contribution in [3.8, 4) is 0 Å². The van der Waals surface area contributed by atoms with Crippen molar-refractivity contribution in [3.63, 3.8) is 0 Å². The Kier molecular flexibility index (Phi) is 26.8. The Morgan fingerprint density at radius 3 is 1.68 bits per heavy atom. The number of hydrogen-bond acceptors (Lipinski definition) is 9. The summed E-state index contributed by atoms with van der Waals surface area (Å²) in [5.41, 5.74) is 10.4. The summed E-state index contributed by atoms with van der Waals surface area (Å²) in [6.07, 6.45) is 9.77. The van der Waals surface area contributed by atoms with Gasteiger partial charge in [0, 0.05) is 18.8 Å². The molecule has 0 saturated carbocycles. The van der Waals surface area contributed by atoms with Crippen molar-refractivity contribution < 1.29 is 73.6 Å². The number of nitrogens with two attached hydrogens (primary N) is 2. The summed E-state index contributed by atoms with van der Waals surface area (Å²) >= 11 is 0. The van der Waals surface area contributed by atoms with E-state index in [2.05, 4.69) is 11.7 Å². The third kappa shape index (κ3) is 26.7. The molecule has 0 saturated heterocycles. The second kappa shape index (κ2) is 24.6. The van der Waals surface area contributed by atoms with Crippen molar-refractivity contribution in [2.75, 3.05) is 0 Å². The van der Waals surface area contributed by atoms with Crippen LogP contribution >= 0.6 is 0 Å². The summed E-state index contributed by atoms with van der Waals surface area (Å²) in [6, 6.07) is -2.16. The molecule has 0 radical (unpaired) electrons. The Hall–Kier alpha value is -1.53. The number of carboxylic acid groups (broad SMARTS) is 3. The average Bonchev–Trinajstić information content (AvgIpc) is 2.74. The van der Waals surface area contributed by atoms with Crippen molar-refractivity contribution >= 4 is 29.8 Å². The van der Waals surface area contributed by atoms with E-state index in [1.54, 1.807) is 0 Å². The van der Waals surface area contributed by atoms with Crippen molar-refractivity contribution in [1.29, 1.82) is 0 Å². The molecule has 0 fully saturated rings. The van der Waals surface area contributed by atoms with Crippen molar-refractivity contribution in [2.45, 2.75) is 109 Å². The Morgan fingerprint density at radius 2 is 1.24 bits per heavy atom. The summed E-state index contributed by atoms with van der Waals surface area (Å²) in [5.74, 6) is -4.94. The van der Waals surface area contributed by atoms with Crippen LogP contribution in [0.25, 0.3) is 0 Å². The second-order valence-corrected chi connectivity index (χ2v) is 7.77. The van der Waals surface area contributed by atoms with Gasteiger partial charge in [-0.25, -0.2) is 4.79 Å². The Bertz CT molecular complexity index is 603. The minimum absolute atomic E-state index is 0. The zero-order chi connectivity index (χ0) is 25.6. The van der Waals surface area contributed by atoms with Crippen molar-refractivity contribution in [1.82, 2.24) is 0 Å². The van der Waals surface area contributed by atoms with Crippen LogP contribution in [0.1, 0.15) is 96.8 Å². The molecule has 6 N–H and O–H groups in total. The summed E-state index contributed by atoms with van der Waals surface area (Å²) in [4.78, 5) is 53.1. The third-order valence-corrected chi connectivity index (χ3v) is 4.65. The van der Waals surface area contributed by atoms with Gasteiger partial charge in [0.1, 0.15) is 12.1 Å². The van der Waals surface area contributed by atoms with Crippen LogP contribution in [0.15, 0.2) is 0 Å². The monoisotopic (exact) mass is 498 g/mol. The standard InChI is InChI=1S/C17H31NO5.C5H9NO4.Na/c1-2-3-4-5-6-7-8-9-10-11-16(21)23-17(22)14(18)12-13-15(19)20;6-3(5(9)10)1-2-4(7)8;/h14H,2-13,18H2,1H3,(H,19,20);3H,1-2,6H2,(H,7,8)(H,9,10);/q;;+1/p-1. The predicted octanol–water partition coefficient (Wildman–Crippen LogP) is -1.90. The molecule has 0 aromatic heterocycles. The van der Waals surface area contributed by atoms with Crippen LogP contribution in [0.5, 0.6) is 0 Å². The Labute approximate surface area is 223 Å². The maximum atomic E-state index is 11.5. The van der Waals surface area contributed by atoms with Gasteiger partial charge in [-0.05, 0) is 25.7 Å². The molecule has 34 heavy (non-hydrogen) atoms. The molecular weight excluding hydrogens is 459 g/mol. The predicted molar refractivity (Wildman–Crippen MR) is 118 cm³/mol. The van der Waals surface area contributed by atoms with E-state index in [0.717, 1.165) is 12.8 Å². The van der Waals surface area contributed by atoms with Crippen LogP contribution < -0.4 is 46.1 Å². The van der Waals surface area contributed by atoms with E-state index in [1.807, 2.05) is 0 Å². The molecule has 0 spiro atoms. The van der Waals surface area contributed by atoms with Gasteiger partial charge in [-0.2, -0.15) is 0 Å². The zero-order valence-corrected chi connectivity index (χ0v) is 22.5. The molecule has 12 heteroatoms. The number of rotatable bonds is 18. The number of carboxylic acids is 3. The van der Waals surface area contributed by atoms with Gasteiger partial charge in [-0.15, -0.1) is 0 Å². The molecule has 0 aliphatic rings. The summed E-state index contributed by atoms with van der Waals surface area (Å²) in [5, 5.41) is 26.5. The Morgan fingerprint density at radius 1 is 0.765 bits per heavy atom. The molecule has 0 bridgehead atoms. The van der Waals surface area contributed by atoms with Crippen LogP contribution in [0.4, 0.5) is 0 Å². The number of carbonyl (C=O) groups is 5. The number of esters is 2. The molecule has 192 valence electrons. The molecule has 0 aromatic carbocycles. The van der Waals surface area contributed by atoms with Crippen LogP contribution in [0.2, 0.25) is 0 Å². The van der Waals surface area contributed by atoms with Gasteiger partial charge >= 0.3 is 53.4 Å². The maximum Gasteiger partial charge on any atom is 1.00 e. The molecule has 11 nitrogen and oxygen atoms in total. The average molecular weight is 499 g/mol. The first-order valence-electron chi connectivity index (χ1n) is 11.4. The summed E-state index contributed by atoms with van der Waals surface area (Å²) in [6.45, 7) is 2.19.